The number of carbonyl (C=O) groups is 1. The smallest absolute Gasteiger partial charge is 0.227 e. The van der Waals surface area contributed by atoms with Crippen molar-refractivity contribution in [1.82, 2.24) is 15.1 Å². The monoisotopic (exact) mass is 236 g/mol. The van der Waals surface area contributed by atoms with Gasteiger partial charge >= 0.3 is 0 Å². The first kappa shape index (κ1) is 12.1. The van der Waals surface area contributed by atoms with E-state index in [1.165, 1.54) is 0 Å². The lowest BCUT2D eigenvalue weighted by Gasteiger charge is -2.22. The van der Waals surface area contributed by atoms with Gasteiger partial charge in [0.25, 0.3) is 0 Å². The number of aromatic nitrogens is 2. The first-order chi connectivity index (χ1) is 8.16. The normalized spacial score (nSPS) is 17.4. The van der Waals surface area contributed by atoms with Gasteiger partial charge in [-0.2, -0.15) is 5.10 Å². The first-order valence-electron chi connectivity index (χ1n) is 6.22. The Hall–Kier alpha value is -1.36. The van der Waals surface area contributed by atoms with Gasteiger partial charge in [-0.05, 0) is 25.9 Å². The topological polar surface area (TPSA) is 59.0 Å². The molecule has 1 aromatic rings. The summed E-state index contributed by atoms with van der Waals surface area (Å²) in [5, 5.41) is 10.5. The van der Waals surface area contributed by atoms with Crippen LogP contribution in [0.25, 0.3) is 0 Å². The molecular formula is C12H20N4O. The molecular weight excluding hydrogens is 216 g/mol. The molecule has 5 heteroatoms. The zero-order valence-electron chi connectivity index (χ0n) is 10.4. The maximum atomic E-state index is 11.5. The highest BCUT2D eigenvalue weighted by molar-refractivity contribution is 5.91. The van der Waals surface area contributed by atoms with E-state index < -0.39 is 0 Å². The largest absolute Gasteiger partial charge is 0.323 e. The quantitative estimate of drug-likeness (QED) is 0.834. The van der Waals surface area contributed by atoms with Crippen molar-refractivity contribution in [3.63, 3.8) is 0 Å². The van der Waals surface area contributed by atoms with Crippen molar-refractivity contribution in [2.45, 2.75) is 32.7 Å². The van der Waals surface area contributed by atoms with E-state index >= 15 is 0 Å². The summed E-state index contributed by atoms with van der Waals surface area (Å²) >= 11 is 0. The predicted octanol–water partition coefficient (Wildman–Crippen LogP) is 1.40. The molecule has 0 radical (unpaired) electrons. The molecule has 17 heavy (non-hydrogen) atoms. The average molecular weight is 236 g/mol. The lowest BCUT2D eigenvalue weighted by molar-refractivity contribution is -0.118. The number of amides is 1. The highest BCUT2D eigenvalue weighted by Crippen LogP contribution is 2.19. The fraction of sp³-hybridized carbons (Fsp3) is 0.667. The van der Waals surface area contributed by atoms with Crippen molar-refractivity contribution < 1.29 is 4.79 Å². The number of carbonyl (C=O) groups excluding carboxylic acids is 1. The van der Waals surface area contributed by atoms with Crippen LogP contribution in [-0.2, 0) is 4.79 Å². The van der Waals surface area contributed by atoms with E-state index in [2.05, 4.69) is 15.7 Å². The minimum absolute atomic E-state index is 0.00256. The maximum Gasteiger partial charge on any atom is 0.227 e. The second-order valence-electron chi connectivity index (χ2n) is 4.83. The van der Waals surface area contributed by atoms with Crippen molar-refractivity contribution in [2.75, 3.05) is 18.4 Å². The van der Waals surface area contributed by atoms with Crippen LogP contribution in [0.2, 0.25) is 0 Å². The molecule has 0 aromatic carbocycles. The van der Waals surface area contributed by atoms with Crippen LogP contribution < -0.4 is 10.6 Å². The van der Waals surface area contributed by atoms with Crippen molar-refractivity contribution in [3.05, 3.63) is 12.4 Å². The zero-order valence-corrected chi connectivity index (χ0v) is 10.4. The van der Waals surface area contributed by atoms with Crippen LogP contribution in [0.1, 0.15) is 32.7 Å². The third-order valence-corrected chi connectivity index (χ3v) is 3.08. The van der Waals surface area contributed by atoms with Gasteiger partial charge in [-0.25, -0.2) is 0 Å². The number of piperidine rings is 1. The summed E-state index contributed by atoms with van der Waals surface area (Å²) in [4.78, 5) is 11.5. The van der Waals surface area contributed by atoms with E-state index in [4.69, 9.17) is 0 Å². The van der Waals surface area contributed by atoms with E-state index in [0.29, 0.717) is 6.04 Å². The number of nitrogens with zero attached hydrogens (tertiary/aromatic N) is 2. The Morgan fingerprint density at radius 1 is 1.53 bits per heavy atom. The van der Waals surface area contributed by atoms with Gasteiger partial charge in [0.15, 0.2) is 0 Å². The zero-order chi connectivity index (χ0) is 12.3. The molecule has 0 aliphatic carbocycles. The Bertz CT molecular complexity index is 380. The molecule has 2 N–H and O–H groups in total. The summed E-state index contributed by atoms with van der Waals surface area (Å²) in [6.45, 7) is 5.84. The van der Waals surface area contributed by atoms with Gasteiger partial charge in [0, 0.05) is 12.1 Å². The van der Waals surface area contributed by atoms with Crippen LogP contribution in [0.5, 0.6) is 0 Å². The molecule has 1 aromatic heterocycles. The van der Waals surface area contributed by atoms with E-state index in [9.17, 15) is 4.79 Å². The highest BCUT2D eigenvalue weighted by Gasteiger charge is 2.16. The van der Waals surface area contributed by atoms with E-state index in [-0.39, 0.29) is 11.8 Å². The number of anilines is 1. The van der Waals surface area contributed by atoms with Crippen LogP contribution in [0.15, 0.2) is 12.4 Å². The Morgan fingerprint density at radius 3 is 2.88 bits per heavy atom. The van der Waals surface area contributed by atoms with Crippen LogP contribution >= 0.6 is 0 Å². The number of hydrogen-bond acceptors (Lipinski definition) is 3. The van der Waals surface area contributed by atoms with Gasteiger partial charge in [0.1, 0.15) is 0 Å². The highest BCUT2D eigenvalue weighted by atomic mass is 16.1. The molecule has 2 heterocycles. The van der Waals surface area contributed by atoms with Crippen molar-refractivity contribution in [2.24, 2.45) is 5.92 Å². The van der Waals surface area contributed by atoms with Gasteiger partial charge in [-0.3, -0.25) is 9.48 Å². The molecule has 1 aliphatic rings. The molecule has 2 rings (SSSR count). The fourth-order valence-corrected chi connectivity index (χ4v) is 1.96. The first-order valence-corrected chi connectivity index (χ1v) is 6.22. The van der Waals surface area contributed by atoms with Crippen LogP contribution in [-0.4, -0.2) is 28.8 Å². The molecule has 0 spiro atoms. The molecule has 0 saturated carbocycles. The minimum atomic E-state index is -0.00256. The Labute approximate surface area is 102 Å². The summed E-state index contributed by atoms with van der Waals surface area (Å²) in [7, 11) is 0. The Morgan fingerprint density at radius 2 is 2.24 bits per heavy atom. The summed E-state index contributed by atoms with van der Waals surface area (Å²) in [6, 6.07) is 0.459. The predicted molar refractivity (Wildman–Crippen MR) is 66.8 cm³/mol. The van der Waals surface area contributed by atoms with Gasteiger partial charge in [0.2, 0.25) is 5.91 Å². The molecule has 0 unspecified atom stereocenters. The SMILES string of the molecule is CC(C)C(=O)Nc1cnn(C2CCNCC2)c1. The third-order valence-electron chi connectivity index (χ3n) is 3.08. The lowest BCUT2D eigenvalue weighted by atomic mass is 10.1. The van der Waals surface area contributed by atoms with Crippen LogP contribution in [0, 0.1) is 5.92 Å². The molecule has 5 nitrogen and oxygen atoms in total. The molecule has 0 atom stereocenters. The van der Waals surface area contributed by atoms with Crippen LogP contribution in [0.3, 0.4) is 0 Å². The molecule has 0 bridgehead atoms. The molecule has 1 amide bonds. The maximum absolute atomic E-state index is 11.5. The third kappa shape index (κ3) is 3.06. The van der Waals surface area contributed by atoms with Crippen molar-refractivity contribution in [3.8, 4) is 0 Å². The molecule has 1 aliphatic heterocycles. The van der Waals surface area contributed by atoms with E-state index in [1.807, 2.05) is 24.7 Å². The summed E-state index contributed by atoms with van der Waals surface area (Å²) in [5.74, 6) is 0.0343. The van der Waals surface area contributed by atoms with Crippen LogP contribution in [0.4, 0.5) is 5.69 Å². The second kappa shape index (κ2) is 5.31. The van der Waals surface area contributed by atoms with Crippen molar-refractivity contribution in [1.29, 1.82) is 0 Å². The Balaban J connectivity index is 1.97. The van der Waals surface area contributed by atoms with Gasteiger partial charge < -0.3 is 10.6 Å². The average Bonchev–Trinajstić information content (AvgIpc) is 2.78. The molecule has 1 saturated heterocycles. The standard InChI is InChI=1S/C12H20N4O/c1-9(2)12(17)15-10-7-14-16(8-10)11-3-5-13-6-4-11/h7-9,11,13H,3-6H2,1-2H3,(H,15,17). The van der Waals surface area contributed by atoms with Gasteiger partial charge in [0.05, 0.1) is 17.9 Å². The Kier molecular flexibility index (Phi) is 3.78. The summed E-state index contributed by atoms with van der Waals surface area (Å²) < 4.78 is 1.97. The minimum Gasteiger partial charge on any atom is -0.323 e. The van der Waals surface area contributed by atoms with Crippen molar-refractivity contribution >= 4 is 11.6 Å². The molecule has 1 fully saturated rings. The summed E-state index contributed by atoms with van der Waals surface area (Å²) in [6.07, 6.45) is 5.84. The number of hydrogen-bond donors (Lipinski definition) is 2. The number of nitrogens with one attached hydrogen (secondary N) is 2. The number of rotatable bonds is 3. The molecule has 94 valence electrons. The summed E-state index contributed by atoms with van der Waals surface area (Å²) in [5.41, 5.74) is 0.794. The van der Waals surface area contributed by atoms with Gasteiger partial charge in [-0.1, -0.05) is 13.8 Å². The fourth-order valence-electron chi connectivity index (χ4n) is 1.96. The lowest BCUT2D eigenvalue weighted by Crippen LogP contribution is -2.29. The van der Waals surface area contributed by atoms with E-state index in [0.717, 1.165) is 31.6 Å². The van der Waals surface area contributed by atoms with Gasteiger partial charge in [-0.15, -0.1) is 0 Å². The second-order valence-corrected chi connectivity index (χ2v) is 4.83. The van der Waals surface area contributed by atoms with E-state index in [1.54, 1.807) is 6.20 Å².